The molecule has 3 N–H and O–H groups in total. The highest BCUT2D eigenvalue weighted by molar-refractivity contribution is 7.99. The van der Waals surface area contributed by atoms with Crippen molar-refractivity contribution in [2.75, 3.05) is 30.0 Å². The molecule has 0 saturated carbocycles. The SMILES string of the molecule is CCN(CC)S(=O)(=O)c1cc(NC(=O)CSc2nnc(C(F)(F)F)n2N)ccc1C. The second-order valence-electron chi connectivity index (χ2n) is 6.08. The van der Waals surface area contributed by atoms with E-state index in [2.05, 4.69) is 15.5 Å². The van der Waals surface area contributed by atoms with E-state index in [1.54, 1.807) is 26.8 Å². The van der Waals surface area contributed by atoms with Crippen molar-refractivity contribution in [3.8, 4) is 0 Å². The van der Waals surface area contributed by atoms with Gasteiger partial charge in [0.2, 0.25) is 21.1 Å². The molecule has 0 aliphatic heterocycles. The Kier molecular flexibility index (Phi) is 7.36. The highest BCUT2D eigenvalue weighted by atomic mass is 32.2. The summed E-state index contributed by atoms with van der Waals surface area (Å²) in [6.45, 7) is 5.68. The molecule has 1 heterocycles. The van der Waals surface area contributed by atoms with Gasteiger partial charge in [-0.05, 0) is 24.6 Å². The van der Waals surface area contributed by atoms with Gasteiger partial charge in [0, 0.05) is 18.8 Å². The topological polar surface area (TPSA) is 123 Å². The van der Waals surface area contributed by atoms with Crippen LogP contribution in [0.2, 0.25) is 0 Å². The minimum Gasteiger partial charge on any atom is -0.335 e. The Morgan fingerprint density at radius 1 is 1.27 bits per heavy atom. The van der Waals surface area contributed by atoms with E-state index >= 15 is 0 Å². The van der Waals surface area contributed by atoms with Crippen molar-refractivity contribution in [1.82, 2.24) is 19.2 Å². The number of aromatic nitrogens is 3. The highest BCUT2D eigenvalue weighted by Crippen LogP contribution is 2.29. The molecule has 9 nitrogen and oxygen atoms in total. The van der Waals surface area contributed by atoms with Crippen molar-refractivity contribution in [3.05, 3.63) is 29.6 Å². The molecule has 0 unspecified atom stereocenters. The standard InChI is InChI=1S/C16H21F3N6O3S2/c1-4-24(5-2)30(27,28)12-8-11(7-6-10(12)3)21-13(26)9-29-15-23-22-14(25(15)20)16(17,18)19/h6-8H,4-5,9,20H2,1-3H3,(H,21,26). The van der Waals surface area contributed by atoms with E-state index in [1.807, 2.05) is 0 Å². The van der Waals surface area contributed by atoms with Crippen LogP contribution in [0.3, 0.4) is 0 Å². The largest absolute Gasteiger partial charge is 0.453 e. The Hall–Kier alpha value is -2.32. The lowest BCUT2D eigenvalue weighted by atomic mass is 10.2. The third-order valence-corrected chi connectivity index (χ3v) is 7.18. The number of nitrogens with two attached hydrogens (primary N) is 1. The Morgan fingerprint density at radius 3 is 2.43 bits per heavy atom. The third-order valence-electron chi connectivity index (χ3n) is 4.05. The summed E-state index contributed by atoms with van der Waals surface area (Å²) in [5, 5.41) is 8.53. The van der Waals surface area contributed by atoms with Crippen LogP contribution in [-0.4, -0.2) is 52.3 Å². The van der Waals surface area contributed by atoms with Gasteiger partial charge in [-0.1, -0.05) is 31.7 Å². The molecular formula is C16H21F3N6O3S2. The van der Waals surface area contributed by atoms with Gasteiger partial charge >= 0.3 is 6.18 Å². The quantitative estimate of drug-likeness (QED) is 0.451. The molecular weight excluding hydrogens is 445 g/mol. The highest BCUT2D eigenvalue weighted by Gasteiger charge is 2.38. The maximum Gasteiger partial charge on any atom is 0.453 e. The fraction of sp³-hybridized carbons (Fsp3) is 0.438. The van der Waals surface area contributed by atoms with Crippen molar-refractivity contribution < 1.29 is 26.4 Å². The maximum absolute atomic E-state index is 12.8. The number of benzene rings is 1. The molecule has 0 aliphatic carbocycles. The number of hydrogen-bond donors (Lipinski definition) is 2. The molecule has 0 fully saturated rings. The summed E-state index contributed by atoms with van der Waals surface area (Å²) >= 11 is 0.662. The normalized spacial score (nSPS) is 12.4. The van der Waals surface area contributed by atoms with Gasteiger partial charge in [-0.2, -0.15) is 17.5 Å². The Balaban J connectivity index is 2.12. The molecule has 2 rings (SSSR count). The van der Waals surface area contributed by atoms with Crippen molar-refractivity contribution >= 4 is 33.4 Å². The van der Waals surface area contributed by atoms with Gasteiger partial charge in [0.1, 0.15) is 0 Å². The minimum absolute atomic E-state index is 0.0631. The van der Waals surface area contributed by atoms with Gasteiger partial charge in [-0.25, -0.2) is 13.1 Å². The number of halogens is 3. The molecule has 30 heavy (non-hydrogen) atoms. The summed E-state index contributed by atoms with van der Waals surface area (Å²) in [5.41, 5.74) is 0.757. The molecule has 1 aromatic carbocycles. The molecule has 0 atom stereocenters. The first-order chi connectivity index (χ1) is 13.9. The molecule has 0 saturated heterocycles. The van der Waals surface area contributed by atoms with E-state index in [1.165, 1.54) is 16.4 Å². The maximum atomic E-state index is 12.8. The fourth-order valence-electron chi connectivity index (χ4n) is 2.55. The average molecular weight is 467 g/mol. The molecule has 14 heteroatoms. The number of carbonyl (C=O) groups is 1. The molecule has 1 aromatic heterocycles. The summed E-state index contributed by atoms with van der Waals surface area (Å²) in [4.78, 5) is 12.2. The van der Waals surface area contributed by atoms with Crippen molar-refractivity contribution in [1.29, 1.82) is 0 Å². The number of anilines is 1. The van der Waals surface area contributed by atoms with Crippen LogP contribution in [0.4, 0.5) is 18.9 Å². The average Bonchev–Trinajstić information content (AvgIpc) is 3.03. The van der Waals surface area contributed by atoms with Gasteiger partial charge in [0.15, 0.2) is 0 Å². The van der Waals surface area contributed by atoms with Crippen LogP contribution in [-0.2, 0) is 21.0 Å². The first kappa shape index (κ1) is 24.0. The molecule has 0 bridgehead atoms. The number of alkyl halides is 3. The summed E-state index contributed by atoms with van der Waals surface area (Å²) < 4.78 is 65.1. The molecule has 166 valence electrons. The van der Waals surface area contributed by atoms with E-state index in [-0.39, 0.29) is 26.2 Å². The Morgan fingerprint density at radius 2 is 1.90 bits per heavy atom. The number of sulfonamides is 1. The summed E-state index contributed by atoms with van der Waals surface area (Å²) in [6, 6.07) is 4.44. The van der Waals surface area contributed by atoms with Crippen LogP contribution in [0.5, 0.6) is 0 Å². The number of nitrogens with one attached hydrogen (secondary N) is 1. The summed E-state index contributed by atoms with van der Waals surface area (Å²) in [7, 11) is -3.73. The predicted molar refractivity (Wildman–Crippen MR) is 106 cm³/mol. The molecule has 0 spiro atoms. The van der Waals surface area contributed by atoms with Gasteiger partial charge in [-0.3, -0.25) is 4.79 Å². The lowest BCUT2D eigenvalue weighted by molar-refractivity contribution is -0.146. The van der Waals surface area contributed by atoms with Crippen LogP contribution in [0.15, 0.2) is 28.3 Å². The zero-order chi connectivity index (χ0) is 22.7. The number of carbonyl (C=O) groups excluding carboxylic acids is 1. The number of hydrogen-bond acceptors (Lipinski definition) is 7. The van der Waals surface area contributed by atoms with Crippen molar-refractivity contribution in [2.24, 2.45) is 0 Å². The smallest absolute Gasteiger partial charge is 0.335 e. The monoisotopic (exact) mass is 466 g/mol. The molecule has 1 amide bonds. The van der Waals surface area contributed by atoms with Crippen LogP contribution >= 0.6 is 11.8 Å². The molecule has 2 aromatic rings. The van der Waals surface area contributed by atoms with Crippen molar-refractivity contribution in [2.45, 2.75) is 37.0 Å². The van der Waals surface area contributed by atoms with Gasteiger partial charge in [-0.15, -0.1) is 10.2 Å². The number of rotatable bonds is 8. The van der Waals surface area contributed by atoms with Crippen molar-refractivity contribution in [3.63, 3.8) is 0 Å². The first-order valence-corrected chi connectivity index (χ1v) is 11.2. The lowest BCUT2D eigenvalue weighted by Crippen LogP contribution is -2.31. The van der Waals surface area contributed by atoms with E-state index in [9.17, 15) is 26.4 Å². The fourth-order valence-corrected chi connectivity index (χ4v) is 4.92. The van der Waals surface area contributed by atoms with Crippen LogP contribution < -0.4 is 11.2 Å². The third kappa shape index (κ3) is 5.23. The van der Waals surface area contributed by atoms with E-state index in [0.29, 0.717) is 30.4 Å². The van der Waals surface area contributed by atoms with E-state index < -0.39 is 27.9 Å². The number of nitrogens with zero attached hydrogens (tertiary/aromatic N) is 4. The zero-order valence-electron chi connectivity index (χ0n) is 16.4. The number of aryl methyl sites for hydroxylation is 1. The second-order valence-corrected chi connectivity index (χ2v) is 8.93. The van der Waals surface area contributed by atoms with Crippen LogP contribution in [0.1, 0.15) is 25.2 Å². The second kappa shape index (κ2) is 9.22. The molecule has 0 aliphatic rings. The summed E-state index contributed by atoms with van der Waals surface area (Å²) in [5.74, 6) is 3.05. The van der Waals surface area contributed by atoms with Crippen LogP contribution in [0.25, 0.3) is 0 Å². The van der Waals surface area contributed by atoms with E-state index in [0.717, 1.165) is 0 Å². The van der Waals surface area contributed by atoms with Gasteiger partial charge in [0.05, 0.1) is 10.6 Å². The zero-order valence-corrected chi connectivity index (χ0v) is 18.0. The Bertz CT molecular complexity index is 1020. The minimum atomic E-state index is -4.77. The molecule has 0 radical (unpaired) electrons. The van der Waals surface area contributed by atoms with E-state index in [4.69, 9.17) is 5.84 Å². The predicted octanol–water partition coefficient (Wildman–Crippen LogP) is 2.08. The lowest BCUT2D eigenvalue weighted by Gasteiger charge is -2.20. The summed E-state index contributed by atoms with van der Waals surface area (Å²) in [6.07, 6.45) is -4.77. The van der Waals surface area contributed by atoms with Gasteiger partial charge < -0.3 is 11.2 Å². The first-order valence-electron chi connectivity index (χ1n) is 8.72. The number of amides is 1. The van der Waals surface area contributed by atoms with Gasteiger partial charge in [0.25, 0.3) is 5.82 Å². The van der Waals surface area contributed by atoms with Crippen LogP contribution in [0, 0.1) is 6.92 Å². The number of nitrogen functional groups attached to an aromatic ring is 1. The number of thioether (sulfide) groups is 1. The Labute approximate surface area is 175 Å².